The van der Waals surface area contributed by atoms with Crippen LogP contribution in [0, 0.1) is 6.92 Å². The van der Waals surface area contributed by atoms with Gasteiger partial charge in [0, 0.05) is 50.3 Å². The van der Waals surface area contributed by atoms with Crippen molar-refractivity contribution in [1.82, 2.24) is 24.6 Å². The zero-order chi connectivity index (χ0) is 15.8. The van der Waals surface area contributed by atoms with E-state index in [-0.39, 0.29) is 5.56 Å². The smallest absolute Gasteiger partial charge is 0.275 e. The lowest BCUT2D eigenvalue weighted by molar-refractivity contribution is 0.634. The molecule has 0 atom stereocenters. The van der Waals surface area contributed by atoms with Crippen molar-refractivity contribution in [3.05, 3.63) is 40.6 Å². The number of piperazine rings is 1. The zero-order valence-corrected chi connectivity index (χ0v) is 13.4. The van der Waals surface area contributed by atoms with E-state index in [2.05, 4.69) is 29.9 Å². The molecule has 0 saturated carbocycles. The Morgan fingerprint density at radius 1 is 1.09 bits per heavy atom. The lowest BCUT2D eigenvalue weighted by Crippen LogP contribution is -2.47. The van der Waals surface area contributed by atoms with E-state index >= 15 is 0 Å². The first-order chi connectivity index (χ1) is 11.2. The predicted molar refractivity (Wildman–Crippen MR) is 88.3 cm³/mol. The molecule has 23 heavy (non-hydrogen) atoms. The number of nitrogens with zero attached hydrogens (tertiary/aromatic N) is 7. The second-order valence-corrected chi connectivity index (χ2v) is 6.27. The minimum atomic E-state index is -0.133. The van der Waals surface area contributed by atoms with E-state index in [1.807, 2.05) is 13.0 Å². The molecule has 0 spiro atoms. The first kappa shape index (κ1) is 14.1. The van der Waals surface area contributed by atoms with E-state index in [1.54, 1.807) is 12.4 Å². The van der Waals surface area contributed by atoms with Crippen LogP contribution in [0.5, 0.6) is 0 Å². The molecule has 8 nitrogen and oxygen atoms in total. The maximum absolute atomic E-state index is 12.0. The summed E-state index contributed by atoms with van der Waals surface area (Å²) < 4.78 is 1.37. The molecule has 0 radical (unpaired) electrons. The maximum atomic E-state index is 12.0. The highest BCUT2D eigenvalue weighted by Gasteiger charge is 2.22. The van der Waals surface area contributed by atoms with Gasteiger partial charge in [-0.1, -0.05) is 11.3 Å². The van der Waals surface area contributed by atoms with Gasteiger partial charge in [-0.3, -0.25) is 4.79 Å². The average Bonchev–Trinajstić information content (AvgIpc) is 3.00. The third-order valence-electron chi connectivity index (χ3n) is 3.75. The summed E-state index contributed by atoms with van der Waals surface area (Å²) in [6, 6.07) is 3.31. The van der Waals surface area contributed by atoms with Crippen LogP contribution in [-0.2, 0) is 0 Å². The van der Waals surface area contributed by atoms with E-state index in [0.29, 0.717) is 4.96 Å². The van der Waals surface area contributed by atoms with Gasteiger partial charge in [0.2, 0.25) is 16.0 Å². The fourth-order valence-corrected chi connectivity index (χ4v) is 3.59. The number of aryl methyl sites for hydroxylation is 1. The standard InChI is InChI=1S/C14H15N7OS/c1-10-9-11(22)21-13(17-10)23-14(18-21)20-7-5-19(6-8-20)12-15-3-2-4-16-12/h2-4,9H,5-8H2,1H3. The van der Waals surface area contributed by atoms with Crippen molar-refractivity contribution in [1.29, 1.82) is 0 Å². The van der Waals surface area contributed by atoms with Gasteiger partial charge in [-0.05, 0) is 13.0 Å². The monoisotopic (exact) mass is 329 g/mol. The number of rotatable bonds is 2. The summed E-state index contributed by atoms with van der Waals surface area (Å²) >= 11 is 1.45. The molecule has 9 heteroatoms. The van der Waals surface area contributed by atoms with Gasteiger partial charge < -0.3 is 9.80 Å². The summed E-state index contributed by atoms with van der Waals surface area (Å²) in [5, 5.41) is 5.24. The van der Waals surface area contributed by atoms with E-state index in [0.717, 1.165) is 43.0 Å². The Kier molecular flexibility index (Phi) is 3.41. The number of hydrogen-bond acceptors (Lipinski definition) is 8. The Bertz CT molecular complexity index is 883. The Morgan fingerprint density at radius 3 is 2.52 bits per heavy atom. The number of anilines is 2. The SMILES string of the molecule is Cc1cc(=O)n2nc(N3CCN(c4ncccn4)CC3)sc2n1. The Hall–Kier alpha value is -2.55. The topological polar surface area (TPSA) is 79.5 Å². The van der Waals surface area contributed by atoms with Crippen LogP contribution in [0.2, 0.25) is 0 Å². The molecule has 1 fully saturated rings. The van der Waals surface area contributed by atoms with Gasteiger partial charge in [0.25, 0.3) is 5.56 Å². The third-order valence-corrected chi connectivity index (χ3v) is 4.72. The molecule has 0 N–H and O–H groups in total. The van der Waals surface area contributed by atoms with Crippen molar-refractivity contribution in [2.24, 2.45) is 0 Å². The summed E-state index contributed by atoms with van der Waals surface area (Å²) in [7, 11) is 0. The van der Waals surface area contributed by atoms with Crippen LogP contribution in [0.1, 0.15) is 5.69 Å². The van der Waals surface area contributed by atoms with Crippen LogP contribution in [0.15, 0.2) is 29.3 Å². The molecule has 4 rings (SSSR count). The van der Waals surface area contributed by atoms with Crippen molar-refractivity contribution >= 4 is 27.4 Å². The van der Waals surface area contributed by atoms with Crippen LogP contribution in [0.3, 0.4) is 0 Å². The molecule has 0 aromatic carbocycles. The average molecular weight is 329 g/mol. The molecule has 3 aromatic heterocycles. The van der Waals surface area contributed by atoms with Crippen molar-refractivity contribution < 1.29 is 0 Å². The molecule has 118 valence electrons. The summed E-state index contributed by atoms with van der Waals surface area (Å²) in [4.78, 5) is 29.9. The highest BCUT2D eigenvalue weighted by molar-refractivity contribution is 7.20. The highest BCUT2D eigenvalue weighted by Crippen LogP contribution is 2.23. The number of hydrogen-bond donors (Lipinski definition) is 0. The summed E-state index contributed by atoms with van der Waals surface area (Å²) in [5.41, 5.74) is 0.586. The minimum absolute atomic E-state index is 0.133. The second-order valence-electron chi connectivity index (χ2n) is 5.34. The quantitative estimate of drug-likeness (QED) is 0.680. The van der Waals surface area contributed by atoms with Crippen LogP contribution < -0.4 is 15.4 Å². The van der Waals surface area contributed by atoms with Gasteiger partial charge in [0.15, 0.2) is 0 Å². The van der Waals surface area contributed by atoms with Crippen molar-refractivity contribution in [3.8, 4) is 0 Å². The van der Waals surface area contributed by atoms with Crippen molar-refractivity contribution in [2.75, 3.05) is 36.0 Å². The van der Waals surface area contributed by atoms with Gasteiger partial charge in [0.05, 0.1) is 0 Å². The Morgan fingerprint density at radius 2 is 1.78 bits per heavy atom. The Labute approximate surface area is 136 Å². The van der Waals surface area contributed by atoms with Crippen LogP contribution in [0.25, 0.3) is 4.96 Å². The molecular formula is C14H15N7OS. The normalized spacial score (nSPS) is 15.3. The van der Waals surface area contributed by atoms with E-state index < -0.39 is 0 Å². The molecule has 0 bridgehead atoms. The van der Waals surface area contributed by atoms with Crippen molar-refractivity contribution in [3.63, 3.8) is 0 Å². The molecule has 0 amide bonds. The van der Waals surface area contributed by atoms with Gasteiger partial charge in [-0.15, -0.1) is 5.10 Å². The van der Waals surface area contributed by atoms with Gasteiger partial charge in [-0.25, -0.2) is 15.0 Å². The molecular weight excluding hydrogens is 314 g/mol. The highest BCUT2D eigenvalue weighted by atomic mass is 32.1. The number of fused-ring (bicyclic) bond motifs is 1. The lowest BCUT2D eigenvalue weighted by atomic mass is 10.3. The third kappa shape index (κ3) is 2.63. The fourth-order valence-electron chi connectivity index (χ4n) is 2.59. The molecule has 1 aliphatic heterocycles. The van der Waals surface area contributed by atoms with E-state index in [1.165, 1.54) is 21.9 Å². The zero-order valence-electron chi connectivity index (χ0n) is 12.6. The van der Waals surface area contributed by atoms with Crippen LogP contribution in [0.4, 0.5) is 11.1 Å². The van der Waals surface area contributed by atoms with Crippen molar-refractivity contribution in [2.45, 2.75) is 6.92 Å². The molecule has 1 aliphatic rings. The molecule has 4 heterocycles. The first-order valence-corrected chi connectivity index (χ1v) is 8.17. The second kappa shape index (κ2) is 5.58. The lowest BCUT2D eigenvalue weighted by Gasteiger charge is -2.34. The molecule has 3 aromatic rings. The Balaban J connectivity index is 1.54. The summed E-state index contributed by atoms with van der Waals surface area (Å²) in [6.07, 6.45) is 3.51. The molecule has 1 saturated heterocycles. The fraction of sp³-hybridized carbons (Fsp3) is 0.357. The van der Waals surface area contributed by atoms with Gasteiger partial charge >= 0.3 is 0 Å². The van der Waals surface area contributed by atoms with E-state index in [9.17, 15) is 4.79 Å². The van der Waals surface area contributed by atoms with Gasteiger partial charge in [-0.2, -0.15) is 4.52 Å². The summed E-state index contributed by atoms with van der Waals surface area (Å²) in [6.45, 7) is 5.08. The maximum Gasteiger partial charge on any atom is 0.275 e. The minimum Gasteiger partial charge on any atom is -0.343 e. The summed E-state index contributed by atoms with van der Waals surface area (Å²) in [5.74, 6) is 0.755. The largest absolute Gasteiger partial charge is 0.343 e. The first-order valence-electron chi connectivity index (χ1n) is 7.35. The van der Waals surface area contributed by atoms with Gasteiger partial charge in [0.1, 0.15) is 0 Å². The van der Waals surface area contributed by atoms with Crippen LogP contribution >= 0.6 is 11.3 Å². The molecule has 0 aliphatic carbocycles. The number of aromatic nitrogens is 5. The van der Waals surface area contributed by atoms with E-state index in [4.69, 9.17) is 0 Å². The molecule has 0 unspecified atom stereocenters. The predicted octanol–water partition coefficient (Wildman–Crippen LogP) is 0.576. The van der Waals surface area contributed by atoms with Crippen LogP contribution in [-0.4, -0.2) is 50.7 Å².